The van der Waals surface area contributed by atoms with E-state index in [-0.39, 0.29) is 11.3 Å². The van der Waals surface area contributed by atoms with Gasteiger partial charge in [0.25, 0.3) is 11.5 Å². The summed E-state index contributed by atoms with van der Waals surface area (Å²) in [5.74, 6) is -0.178. The number of aromatic nitrogens is 1. The van der Waals surface area contributed by atoms with Gasteiger partial charge in [0.15, 0.2) is 11.5 Å². The minimum Gasteiger partial charge on any atom is -0.506 e. The highest BCUT2D eigenvalue weighted by atomic mass is 16.5. The van der Waals surface area contributed by atoms with Gasteiger partial charge >= 0.3 is 0 Å². The summed E-state index contributed by atoms with van der Waals surface area (Å²) in [7, 11) is 2.93. The second kappa shape index (κ2) is 7.04. The molecule has 0 saturated carbocycles. The Morgan fingerprint density at radius 2 is 1.91 bits per heavy atom. The highest BCUT2D eigenvalue weighted by Crippen LogP contribution is 2.35. The molecule has 0 unspecified atom stereocenters. The molecule has 1 aromatic carbocycles. The molecule has 0 spiro atoms. The Morgan fingerprint density at radius 3 is 2.52 bits per heavy atom. The normalized spacial score (nSPS) is 10.6. The van der Waals surface area contributed by atoms with Gasteiger partial charge in [0.1, 0.15) is 11.3 Å². The number of pyridine rings is 1. The number of rotatable bonds is 6. The van der Waals surface area contributed by atoms with Gasteiger partial charge in [-0.15, -0.1) is 0 Å². The van der Waals surface area contributed by atoms with Crippen LogP contribution in [-0.2, 0) is 0 Å². The third-order valence-corrected chi connectivity index (χ3v) is 3.53. The van der Waals surface area contributed by atoms with E-state index in [0.29, 0.717) is 28.9 Å². The van der Waals surface area contributed by atoms with E-state index in [1.54, 1.807) is 0 Å². The molecule has 0 fully saturated rings. The summed E-state index contributed by atoms with van der Waals surface area (Å²) in [6.07, 6.45) is 1.71. The highest BCUT2D eigenvalue weighted by Gasteiger charge is 2.20. The maximum Gasteiger partial charge on any atom is 0.265 e. The number of fused-ring (bicyclic) bond motifs is 1. The van der Waals surface area contributed by atoms with Crippen LogP contribution in [0.5, 0.6) is 17.2 Å². The fourth-order valence-electron chi connectivity index (χ4n) is 2.28. The van der Waals surface area contributed by atoms with Crippen LogP contribution in [0.15, 0.2) is 16.9 Å². The summed E-state index contributed by atoms with van der Waals surface area (Å²) in [4.78, 5) is 26.9. The fourth-order valence-corrected chi connectivity index (χ4v) is 2.28. The summed E-state index contributed by atoms with van der Waals surface area (Å²) in [6.45, 7) is 2.43. The summed E-state index contributed by atoms with van der Waals surface area (Å²) in [5.41, 5.74) is -0.604. The van der Waals surface area contributed by atoms with E-state index in [1.807, 2.05) is 6.92 Å². The Balaban J connectivity index is 2.55. The van der Waals surface area contributed by atoms with E-state index in [9.17, 15) is 14.7 Å². The van der Waals surface area contributed by atoms with Crippen LogP contribution in [0.3, 0.4) is 0 Å². The molecule has 0 saturated heterocycles. The number of nitrogens with one attached hydrogen (secondary N) is 2. The minimum absolute atomic E-state index is 0.305. The van der Waals surface area contributed by atoms with Crippen molar-refractivity contribution in [2.75, 3.05) is 20.8 Å². The first-order valence-electron chi connectivity index (χ1n) is 7.32. The molecule has 2 rings (SSSR count). The number of aromatic amines is 1. The maximum absolute atomic E-state index is 12.1. The predicted molar refractivity (Wildman–Crippen MR) is 86.6 cm³/mol. The zero-order valence-electron chi connectivity index (χ0n) is 13.4. The van der Waals surface area contributed by atoms with E-state index in [2.05, 4.69) is 10.3 Å². The zero-order valence-corrected chi connectivity index (χ0v) is 13.4. The largest absolute Gasteiger partial charge is 0.506 e. The van der Waals surface area contributed by atoms with Crippen LogP contribution >= 0.6 is 0 Å². The number of H-pyrrole nitrogens is 1. The number of unbranched alkanes of at least 4 members (excludes halogenated alkanes) is 1. The molecule has 1 aromatic heterocycles. The van der Waals surface area contributed by atoms with Crippen molar-refractivity contribution >= 4 is 16.8 Å². The van der Waals surface area contributed by atoms with Crippen molar-refractivity contribution in [1.82, 2.24) is 10.3 Å². The van der Waals surface area contributed by atoms with Gasteiger partial charge in [-0.1, -0.05) is 13.3 Å². The van der Waals surface area contributed by atoms with Gasteiger partial charge in [0.05, 0.1) is 19.7 Å². The second-order valence-electron chi connectivity index (χ2n) is 5.04. The van der Waals surface area contributed by atoms with Gasteiger partial charge < -0.3 is 24.9 Å². The first-order valence-corrected chi connectivity index (χ1v) is 7.32. The molecule has 1 amide bonds. The van der Waals surface area contributed by atoms with Gasteiger partial charge in [-0.05, 0) is 12.5 Å². The van der Waals surface area contributed by atoms with Crippen LogP contribution in [0.4, 0.5) is 0 Å². The van der Waals surface area contributed by atoms with Gasteiger partial charge in [0, 0.05) is 18.0 Å². The van der Waals surface area contributed by atoms with Crippen LogP contribution in [-0.4, -0.2) is 36.8 Å². The maximum atomic E-state index is 12.1. The van der Waals surface area contributed by atoms with Crippen LogP contribution < -0.4 is 20.3 Å². The molecule has 23 heavy (non-hydrogen) atoms. The average Bonchev–Trinajstić information content (AvgIpc) is 2.54. The fraction of sp³-hybridized carbons (Fsp3) is 0.375. The van der Waals surface area contributed by atoms with E-state index in [4.69, 9.17) is 9.47 Å². The SMILES string of the molecule is CCCCNC(=O)c1c(O)c2cc(OC)c(OC)cc2[nH]c1=O. The van der Waals surface area contributed by atoms with E-state index in [0.717, 1.165) is 12.8 Å². The number of aromatic hydroxyl groups is 1. The molecule has 124 valence electrons. The Hall–Kier alpha value is -2.70. The molecule has 0 aliphatic heterocycles. The van der Waals surface area contributed by atoms with Crippen molar-refractivity contribution in [2.24, 2.45) is 0 Å². The predicted octanol–water partition coefficient (Wildman–Crippen LogP) is 1.78. The smallest absolute Gasteiger partial charge is 0.265 e. The number of carbonyl (C=O) groups is 1. The molecule has 1 heterocycles. The summed E-state index contributed by atoms with van der Waals surface area (Å²) in [5, 5.41) is 13.3. The third kappa shape index (κ3) is 3.23. The van der Waals surface area contributed by atoms with Crippen LogP contribution in [0.25, 0.3) is 10.9 Å². The lowest BCUT2D eigenvalue weighted by atomic mass is 10.1. The van der Waals surface area contributed by atoms with Crippen molar-refractivity contribution in [3.05, 3.63) is 28.0 Å². The Kier molecular flexibility index (Phi) is 5.10. The molecule has 7 nitrogen and oxygen atoms in total. The Morgan fingerprint density at radius 1 is 1.26 bits per heavy atom. The first-order chi connectivity index (χ1) is 11.0. The van der Waals surface area contributed by atoms with Crippen LogP contribution in [0.2, 0.25) is 0 Å². The number of benzene rings is 1. The van der Waals surface area contributed by atoms with Gasteiger partial charge in [0.2, 0.25) is 0 Å². The molecule has 2 aromatic rings. The summed E-state index contributed by atoms with van der Waals surface area (Å²) < 4.78 is 10.3. The lowest BCUT2D eigenvalue weighted by Gasteiger charge is -2.12. The molecule has 0 atom stereocenters. The summed E-state index contributed by atoms with van der Waals surface area (Å²) >= 11 is 0. The number of hydrogen-bond acceptors (Lipinski definition) is 5. The molecule has 0 aliphatic carbocycles. The number of amides is 1. The minimum atomic E-state index is -0.656. The number of carbonyl (C=O) groups excluding carboxylic acids is 1. The lowest BCUT2D eigenvalue weighted by molar-refractivity contribution is 0.0949. The van der Waals surface area contributed by atoms with Crippen molar-refractivity contribution in [1.29, 1.82) is 0 Å². The van der Waals surface area contributed by atoms with Crippen LogP contribution in [0, 0.1) is 0 Å². The topological polar surface area (TPSA) is 101 Å². The number of hydrogen-bond donors (Lipinski definition) is 3. The van der Waals surface area contributed by atoms with Gasteiger partial charge in [-0.2, -0.15) is 0 Å². The standard InChI is InChI=1S/C16H20N2O5/c1-4-5-6-17-15(20)13-14(19)9-7-11(22-2)12(23-3)8-10(9)18-16(13)21/h7-8H,4-6H2,1-3H3,(H,17,20)(H2,18,19,21). The average molecular weight is 320 g/mol. The van der Waals surface area contributed by atoms with Crippen molar-refractivity contribution in [2.45, 2.75) is 19.8 Å². The van der Waals surface area contributed by atoms with E-state index < -0.39 is 11.5 Å². The van der Waals surface area contributed by atoms with Gasteiger partial charge in [-0.25, -0.2) is 0 Å². The van der Waals surface area contributed by atoms with Crippen LogP contribution in [0.1, 0.15) is 30.1 Å². The lowest BCUT2D eigenvalue weighted by Crippen LogP contribution is -2.30. The van der Waals surface area contributed by atoms with Crippen molar-refractivity contribution < 1.29 is 19.4 Å². The monoisotopic (exact) mass is 320 g/mol. The second-order valence-corrected chi connectivity index (χ2v) is 5.04. The van der Waals surface area contributed by atoms with Crippen molar-refractivity contribution in [3.8, 4) is 17.2 Å². The quantitative estimate of drug-likeness (QED) is 0.704. The Bertz CT molecular complexity index is 782. The van der Waals surface area contributed by atoms with E-state index >= 15 is 0 Å². The zero-order chi connectivity index (χ0) is 17.0. The number of ether oxygens (including phenoxy) is 2. The number of methoxy groups -OCH3 is 2. The molecule has 0 aliphatic rings. The Labute approximate surface area is 133 Å². The molecule has 0 radical (unpaired) electrons. The highest BCUT2D eigenvalue weighted by molar-refractivity contribution is 6.02. The molecule has 7 heteroatoms. The molecule has 3 N–H and O–H groups in total. The summed E-state index contributed by atoms with van der Waals surface area (Å²) in [6, 6.07) is 3.05. The third-order valence-electron chi connectivity index (χ3n) is 3.53. The first kappa shape index (κ1) is 16.7. The molecular formula is C16H20N2O5. The van der Waals surface area contributed by atoms with E-state index in [1.165, 1.54) is 26.4 Å². The molecular weight excluding hydrogens is 300 g/mol. The van der Waals surface area contributed by atoms with Gasteiger partial charge in [-0.3, -0.25) is 9.59 Å². The molecule has 0 bridgehead atoms. The van der Waals surface area contributed by atoms with Crippen molar-refractivity contribution in [3.63, 3.8) is 0 Å².